The lowest BCUT2D eigenvalue weighted by Gasteiger charge is -2.16. The molecule has 0 aliphatic heterocycles. The minimum absolute atomic E-state index is 0.406. The van der Waals surface area contributed by atoms with Crippen molar-refractivity contribution in [3.8, 4) is 0 Å². The topological polar surface area (TPSA) is 55.8 Å². The van der Waals surface area contributed by atoms with Gasteiger partial charge in [0.2, 0.25) is 0 Å². The van der Waals surface area contributed by atoms with Crippen molar-refractivity contribution in [3.05, 3.63) is 25.3 Å². The quantitative estimate of drug-likeness (QED) is 0.395. The van der Waals surface area contributed by atoms with Gasteiger partial charge in [-0.2, -0.15) is 0 Å². The summed E-state index contributed by atoms with van der Waals surface area (Å²) in [6.07, 6.45) is 0.483. The second-order valence-corrected chi connectivity index (χ2v) is 2.81. The van der Waals surface area contributed by atoms with Crippen molar-refractivity contribution >= 4 is 5.97 Å². The maximum atomic E-state index is 11.1. The fourth-order valence-electron chi connectivity index (χ4n) is 0.604. The van der Waals surface area contributed by atoms with Crippen LogP contribution in [0.3, 0.4) is 0 Å². The molecule has 0 aromatic carbocycles. The minimum atomic E-state index is -1.58. The standard InChI is InChI=1S/C10H16O4/c1-5-7(3)13-9(11)10(12)14-8(4)6-2/h5-9,11H,1-2H2,3-4H3. The van der Waals surface area contributed by atoms with E-state index in [1.807, 2.05) is 0 Å². The number of rotatable bonds is 6. The summed E-state index contributed by atoms with van der Waals surface area (Å²) in [5.74, 6) is -0.828. The number of ether oxygens (including phenoxy) is 2. The van der Waals surface area contributed by atoms with Crippen LogP contribution in [0.5, 0.6) is 0 Å². The van der Waals surface area contributed by atoms with Crippen LogP contribution in [0.4, 0.5) is 0 Å². The van der Waals surface area contributed by atoms with E-state index in [0.717, 1.165) is 0 Å². The van der Waals surface area contributed by atoms with Gasteiger partial charge in [-0.05, 0) is 13.8 Å². The van der Waals surface area contributed by atoms with Crippen molar-refractivity contribution in [2.45, 2.75) is 32.3 Å². The molecule has 0 heterocycles. The van der Waals surface area contributed by atoms with E-state index >= 15 is 0 Å². The normalized spacial score (nSPS) is 16.5. The van der Waals surface area contributed by atoms with Gasteiger partial charge >= 0.3 is 5.97 Å². The lowest BCUT2D eigenvalue weighted by molar-refractivity contribution is -0.189. The van der Waals surface area contributed by atoms with Crippen LogP contribution in [0.1, 0.15) is 13.8 Å². The Morgan fingerprint density at radius 3 is 2.21 bits per heavy atom. The molecule has 0 saturated carbocycles. The van der Waals surface area contributed by atoms with Crippen LogP contribution in [0.2, 0.25) is 0 Å². The van der Waals surface area contributed by atoms with Crippen LogP contribution in [-0.2, 0) is 14.3 Å². The average Bonchev–Trinajstić information content (AvgIpc) is 2.17. The molecule has 0 bridgehead atoms. The maximum absolute atomic E-state index is 11.1. The van der Waals surface area contributed by atoms with E-state index in [-0.39, 0.29) is 0 Å². The predicted octanol–water partition coefficient (Wildman–Crippen LogP) is 1.01. The van der Waals surface area contributed by atoms with E-state index < -0.39 is 24.5 Å². The molecule has 80 valence electrons. The monoisotopic (exact) mass is 200 g/mol. The Hall–Kier alpha value is -1.13. The summed E-state index contributed by atoms with van der Waals surface area (Å²) in [5.41, 5.74) is 0. The fourth-order valence-corrected chi connectivity index (χ4v) is 0.604. The molecule has 0 aromatic heterocycles. The van der Waals surface area contributed by atoms with Gasteiger partial charge < -0.3 is 14.6 Å². The van der Waals surface area contributed by atoms with Crippen LogP contribution >= 0.6 is 0 Å². The molecule has 4 nitrogen and oxygen atoms in total. The first kappa shape index (κ1) is 12.9. The molecule has 0 aromatic rings. The summed E-state index contributed by atoms with van der Waals surface area (Å²) < 4.78 is 9.58. The number of carbonyl (C=O) groups is 1. The third-order valence-electron chi connectivity index (χ3n) is 1.51. The number of esters is 1. The first-order valence-corrected chi connectivity index (χ1v) is 4.30. The highest BCUT2D eigenvalue weighted by Gasteiger charge is 2.20. The van der Waals surface area contributed by atoms with Crippen molar-refractivity contribution in [1.29, 1.82) is 0 Å². The maximum Gasteiger partial charge on any atom is 0.363 e. The van der Waals surface area contributed by atoms with Crippen LogP contribution < -0.4 is 0 Å². The number of aliphatic hydroxyl groups excluding tert-OH is 1. The Balaban J connectivity index is 3.98. The lowest BCUT2D eigenvalue weighted by atomic mass is 10.4. The van der Waals surface area contributed by atoms with E-state index in [4.69, 9.17) is 9.47 Å². The van der Waals surface area contributed by atoms with Crippen LogP contribution in [0, 0.1) is 0 Å². The minimum Gasteiger partial charge on any atom is -0.455 e. The van der Waals surface area contributed by atoms with E-state index in [1.165, 1.54) is 12.2 Å². The van der Waals surface area contributed by atoms with Crippen LogP contribution in [-0.4, -0.2) is 29.6 Å². The van der Waals surface area contributed by atoms with Gasteiger partial charge in [-0.25, -0.2) is 4.79 Å². The number of hydrogen-bond acceptors (Lipinski definition) is 4. The molecule has 3 unspecified atom stereocenters. The van der Waals surface area contributed by atoms with Gasteiger partial charge in [0.15, 0.2) is 0 Å². The molecule has 0 radical (unpaired) electrons. The molecular formula is C10H16O4. The zero-order valence-corrected chi connectivity index (χ0v) is 8.47. The summed E-state index contributed by atoms with van der Waals surface area (Å²) in [5, 5.41) is 9.18. The Bertz CT molecular complexity index is 212. The molecule has 0 rings (SSSR count). The summed E-state index contributed by atoms with van der Waals surface area (Å²) in [6.45, 7) is 10.2. The predicted molar refractivity (Wildman–Crippen MR) is 52.5 cm³/mol. The van der Waals surface area contributed by atoms with Crippen LogP contribution in [0.15, 0.2) is 25.3 Å². The number of carbonyl (C=O) groups excluding carboxylic acids is 1. The highest BCUT2D eigenvalue weighted by atomic mass is 16.7. The van der Waals surface area contributed by atoms with E-state index in [0.29, 0.717) is 0 Å². The first-order chi connectivity index (χ1) is 6.51. The van der Waals surface area contributed by atoms with Crippen LogP contribution in [0.25, 0.3) is 0 Å². The van der Waals surface area contributed by atoms with Gasteiger partial charge in [0.05, 0.1) is 6.10 Å². The van der Waals surface area contributed by atoms with Crippen molar-refractivity contribution < 1.29 is 19.4 Å². The molecule has 14 heavy (non-hydrogen) atoms. The van der Waals surface area contributed by atoms with Gasteiger partial charge in [-0.15, -0.1) is 6.58 Å². The second-order valence-electron chi connectivity index (χ2n) is 2.81. The average molecular weight is 200 g/mol. The Morgan fingerprint density at radius 2 is 1.79 bits per heavy atom. The third kappa shape index (κ3) is 4.79. The SMILES string of the molecule is C=CC(C)OC(=O)C(O)OC(C)C=C. The first-order valence-electron chi connectivity index (χ1n) is 4.30. The summed E-state index contributed by atoms with van der Waals surface area (Å²) >= 11 is 0. The van der Waals surface area contributed by atoms with Gasteiger partial charge in [-0.3, -0.25) is 0 Å². The third-order valence-corrected chi connectivity index (χ3v) is 1.51. The number of aliphatic hydroxyl groups is 1. The molecule has 0 spiro atoms. The molecule has 0 amide bonds. The largest absolute Gasteiger partial charge is 0.455 e. The van der Waals surface area contributed by atoms with E-state index in [1.54, 1.807) is 13.8 Å². The molecule has 0 saturated heterocycles. The smallest absolute Gasteiger partial charge is 0.363 e. The highest BCUT2D eigenvalue weighted by Crippen LogP contribution is 2.01. The fraction of sp³-hybridized carbons (Fsp3) is 0.500. The molecule has 1 N–H and O–H groups in total. The molecule has 4 heteroatoms. The number of hydrogen-bond donors (Lipinski definition) is 1. The van der Waals surface area contributed by atoms with Gasteiger partial charge in [0.1, 0.15) is 6.10 Å². The summed E-state index contributed by atoms with van der Waals surface area (Å²) in [6, 6.07) is 0. The molecular weight excluding hydrogens is 184 g/mol. The van der Waals surface area contributed by atoms with E-state index in [2.05, 4.69) is 13.2 Å². The zero-order chi connectivity index (χ0) is 11.1. The summed E-state index contributed by atoms with van der Waals surface area (Å²) in [4.78, 5) is 11.1. The van der Waals surface area contributed by atoms with Gasteiger partial charge in [0.25, 0.3) is 6.29 Å². The summed E-state index contributed by atoms with van der Waals surface area (Å²) in [7, 11) is 0. The Morgan fingerprint density at radius 1 is 1.29 bits per heavy atom. The van der Waals surface area contributed by atoms with Gasteiger partial charge in [0, 0.05) is 0 Å². The lowest BCUT2D eigenvalue weighted by Crippen LogP contribution is -2.30. The van der Waals surface area contributed by atoms with Gasteiger partial charge in [-0.1, -0.05) is 18.7 Å². The Labute approximate surface area is 83.8 Å². The molecule has 3 atom stereocenters. The molecule has 0 aliphatic carbocycles. The molecule has 0 aliphatic rings. The second kappa shape index (κ2) is 6.34. The highest BCUT2D eigenvalue weighted by molar-refractivity contribution is 5.73. The van der Waals surface area contributed by atoms with Crippen molar-refractivity contribution in [2.24, 2.45) is 0 Å². The zero-order valence-electron chi connectivity index (χ0n) is 8.47. The van der Waals surface area contributed by atoms with Crippen molar-refractivity contribution in [1.82, 2.24) is 0 Å². The molecule has 0 fully saturated rings. The van der Waals surface area contributed by atoms with Crippen molar-refractivity contribution in [3.63, 3.8) is 0 Å². The van der Waals surface area contributed by atoms with Crippen molar-refractivity contribution in [2.75, 3.05) is 0 Å². The van der Waals surface area contributed by atoms with E-state index in [9.17, 15) is 9.90 Å². The Kier molecular flexibility index (Phi) is 5.83.